The number of para-hydroxylation sites is 1. The maximum absolute atomic E-state index is 13.4. The van der Waals surface area contributed by atoms with Gasteiger partial charge in [0.2, 0.25) is 5.60 Å². The number of carbonyl (C=O) groups excluding carboxylic acids is 1. The summed E-state index contributed by atoms with van der Waals surface area (Å²) in [5.41, 5.74) is -0.111. The molecule has 4 rings (SSSR count). The largest absolute Gasteiger partial charge is 0.497 e. The molecule has 32 heavy (non-hydrogen) atoms. The van der Waals surface area contributed by atoms with Gasteiger partial charge in [0.15, 0.2) is 0 Å². The lowest BCUT2D eigenvalue weighted by atomic mass is 9.68. The Kier molecular flexibility index (Phi) is 5.67. The van der Waals surface area contributed by atoms with E-state index in [9.17, 15) is 15.0 Å². The van der Waals surface area contributed by atoms with Gasteiger partial charge in [-0.3, -0.25) is 0 Å². The van der Waals surface area contributed by atoms with Crippen molar-refractivity contribution in [1.29, 1.82) is 0 Å². The van der Waals surface area contributed by atoms with Crippen LogP contribution in [-0.2, 0) is 15.3 Å². The van der Waals surface area contributed by atoms with E-state index in [1.54, 1.807) is 86.8 Å². The molecule has 0 bridgehead atoms. The summed E-state index contributed by atoms with van der Waals surface area (Å²) in [6, 6.07) is 20.9. The third-order valence-corrected chi connectivity index (χ3v) is 5.90. The molecule has 1 aliphatic heterocycles. The molecule has 6 heteroatoms. The molecule has 0 radical (unpaired) electrons. The van der Waals surface area contributed by atoms with Crippen LogP contribution < -0.4 is 9.47 Å². The zero-order valence-corrected chi connectivity index (χ0v) is 18.2. The van der Waals surface area contributed by atoms with Crippen LogP contribution in [0.15, 0.2) is 72.8 Å². The summed E-state index contributed by atoms with van der Waals surface area (Å²) in [6.45, 7) is 3.58. The van der Waals surface area contributed by atoms with Gasteiger partial charge in [-0.25, -0.2) is 4.79 Å². The van der Waals surface area contributed by atoms with Crippen LogP contribution in [0, 0.1) is 6.92 Å². The minimum Gasteiger partial charge on any atom is -0.497 e. The highest BCUT2D eigenvalue weighted by atomic mass is 16.7. The maximum Gasteiger partial charge on any atom is 0.346 e. The number of ether oxygens (including phenoxy) is 3. The normalized spacial score (nSPS) is 24.2. The van der Waals surface area contributed by atoms with Crippen molar-refractivity contribution in [2.45, 2.75) is 31.2 Å². The number of hydrogen-bond acceptors (Lipinski definition) is 6. The van der Waals surface area contributed by atoms with Crippen LogP contribution in [0.3, 0.4) is 0 Å². The van der Waals surface area contributed by atoms with Crippen molar-refractivity contribution in [2.24, 2.45) is 0 Å². The van der Waals surface area contributed by atoms with E-state index in [0.29, 0.717) is 22.6 Å². The molecule has 0 aliphatic carbocycles. The minimum absolute atomic E-state index is 0.0299. The molecule has 0 saturated heterocycles. The Morgan fingerprint density at radius 1 is 1.00 bits per heavy atom. The Labute approximate surface area is 187 Å². The molecule has 0 amide bonds. The molecule has 0 aromatic heterocycles. The summed E-state index contributed by atoms with van der Waals surface area (Å²) in [7, 11) is 1.56. The average Bonchev–Trinajstić information content (AvgIpc) is 2.80. The number of fused-ring (bicyclic) bond motifs is 1. The summed E-state index contributed by atoms with van der Waals surface area (Å²) >= 11 is 0. The number of hydrogen-bond donors (Lipinski definition) is 2. The van der Waals surface area contributed by atoms with Crippen LogP contribution in [-0.4, -0.2) is 35.5 Å². The van der Waals surface area contributed by atoms with Gasteiger partial charge in [-0.15, -0.1) is 0 Å². The smallest absolute Gasteiger partial charge is 0.346 e. The first-order valence-electron chi connectivity index (χ1n) is 10.5. The van der Waals surface area contributed by atoms with E-state index in [4.69, 9.17) is 14.2 Å². The number of carbonyl (C=O) groups is 1. The van der Waals surface area contributed by atoms with Crippen LogP contribution in [0.4, 0.5) is 0 Å². The van der Waals surface area contributed by atoms with Gasteiger partial charge in [-0.2, -0.15) is 0 Å². The van der Waals surface area contributed by atoms with Crippen molar-refractivity contribution in [3.63, 3.8) is 0 Å². The van der Waals surface area contributed by atoms with E-state index in [2.05, 4.69) is 0 Å². The lowest BCUT2D eigenvalue weighted by Gasteiger charge is -2.49. The maximum atomic E-state index is 13.4. The Morgan fingerprint density at radius 3 is 2.28 bits per heavy atom. The van der Waals surface area contributed by atoms with Crippen molar-refractivity contribution < 1.29 is 29.2 Å². The predicted molar refractivity (Wildman–Crippen MR) is 119 cm³/mol. The molecule has 3 aromatic carbocycles. The zero-order valence-electron chi connectivity index (χ0n) is 18.2. The molecule has 1 heterocycles. The summed E-state index contributed by atoms with van der Waals surface area (Å²) in [4.78, 5) is 13.4. The second-order valence-corrected chi connectivity index (χ2v) is 7.84. The fourth-order valence-corrected chi connectivity index (χ4v) is 4.24. The molecular weight excluding hydrogens is 408 g/mol. The zero-order chi connectivity index (χ0) is 22.9. The second-order valence-electron chi connectivity index (χ2n) is 7.84. The minimum atomic E-state index is -2.47. The molecule has 3 aromatic rings. The quantitative estimate of drug-likeness (QED) is 0.596. The van der Waals surface area contributed by atoms with Crippen LogP contribution in [0.1, 0.15) is 35.1 Å². The highest BCUT2D eigenvalue weighted by molar-refractivity contribution is 5.85. The number of aryl methyl sites for hydroxylation is 1. The predicted octanol–water partition coefficient (Wildman–Crippen LogP) is 3.67. The third-order valence-electron chi connectivity index (χ3n) is 5.90. The number of rotatable bonds is 5. The van der Waals surface area contributed by atoms with Gasteiger partial charge in [-0.05, 0) is 37.6 Å². The molecule has 0 saturated carbocycles. The van der Waals surface area contributed by atoms with Crippen molar-refractivity contribution in [3.8, 4) is 11.5 Å². The fraction of sp³-hybridized carbons (Fsp3) is 0.269. The monoisotopic (exact) mass is 434 g/mol. The first-order chi connectivity index (χ1) is 15.3. The van der Waals surface area contributed by atoms with Crippen molar-refractivity contribution >= 4 is 5.97 Å². The SMILES string of the molecule is CCOC(=O)[C@]1(O)[C@@H](c2ccc(OC)cc2)c2ccccc2O[C@@]1(O)c1ccc(C)cc1. The van der Waals surface area contributed by atoms with Gasteiger partial charge in [-0.1, -0.05) is 60.2 Å². The Hall–Kier alpha value is -3.35. The molecule has 0 fully saturated rings. The van der Waals surface area contributed by atoms with Crippen LogP contribution in [0.25, 0.3) is 0 Å². The standard InChI is InChI=1S/C26H26O6/c1-4-31-24(27)25(28)23(18-11-15-20(30-3)16-12-18)21-7-5-6-8-22(21)32-26(25,29)19-13-9-17(2)10-14-19/h5-16,23,28-29H,4H2,1-3H3/t23-,25+,26-/m0/s1. The number of methoxy groups -OCH3 is 1. The molecular formula is C26H26O6. The lowest BCUT2D eigenvalue weighted by molar-refractivity contribution is -0.280. The Bertz CT molecular complexity index is 1110. The molecule has 0 unspecified atom stereocenters. The Balaban J connectivity index is 2.01. The molecule has 166 valence electrons. The van der Waals surface area contributed by atoms with E-state index < -0.39 is 23.3 Å². The van der Waals surface area contributed by atoms with Gasteiger partial charge in [0.1, 0.15) is 11.5 Å². The first-order valence-corrected chi connectivity index (χ1v) is 10.5. The van der Waals surface area contributed by atoms with Crippen molar-refractivity contribution in [3.05, 3.63) is 95.1 Å². The van der Waals surface area contributed by atoms with Gasteiger partial charge in [0.05, 0.1) is 19.6 Å². The summed E-state index contributed by atoms with van der Waals surface area (Å²) < 4.78 is 16.5. The van der Waals surface area contributed by atoms with E-state index in [1.807, 2.05) is 6.92 Å². The Morgan fingerprint density at radius 2 is 1.66 bits per heavy atom. The number of benzene rings is 3. The van der Waals surface area contributed by atoms with E-state index >= 15 is 0 Å². The van der Waals surface area contributed by atoms with Crippen LogP contribution >= 0.6 is 0 Å². The second kappa shape index (κ2) is 8.30. The molecule has 0 spiro atoms. The van der Waals surface area contributed by atoms with Crippen molar-refractivity contribution in [1.82, 2.24) is 0 Å². The lowest BCUT2D eigenvalue weighted by Crippen LogP contribution is -2.66. The third kappa shape index (κ3) is 3.32. The summed E-state index contributed by atoms with van der Waals surface area (Å²) in [5, 5.41) is 24.0. The average molecular weight is 434 g/mol. The van der Waals surface area contributed by atoms with Gasteiger partial charge >= 0.3 is 5.97 Å². The number of aliphatic hydroxyl groups is 2. The molecule has 3 atom stereocenters. The van der Waals surface area contributed by atoms with Crippen molar-refractivity contribution in [2.75, 3.05) is 13.7 Å². The summed E-state index contributed by atoms with van der Waals surface area (Å²) in [6.07, 6.45) is 0. The number of esters is 1. The molecule has 2 N–H and O–H groups in total. The van der Waals surface area contributed by atoms with Crippen LogP contribution in [0.2, 0.25) is 0 Å². The van der Waals surface area contributed by atoms with Crippen LogP contribution in [0.5, 0.6) is 11.5 Å². The topological polar surface area (TPSA) is 85.2 Å². The molecule has 6 nitrogen and oxygen atoms in total. The highest BCUT2D eigenvalue weighted by Gasteiger charge is 2.67. The first kappa shape index (κ1) is 21.9. The van der Waals surface area contributed by atoms with E-state index in [1.165, 1.54) is 0 Å². The highest BCUT2D eigenvalue weighted by Crippen LogP contribution is 2.54. The molecule has 1 aliphatic rings. The summed E-state index contributed by atoms with van der Waals surface area (Å²) in [5.74, 6) is -3.35. The van der Waals surface area contributed by atoms with Gasteiger partial charge < -0.3 is 24.4 Å². The fourth-order valence-electron chi connectivity index (χ4n) is 4.24. The van der Waals surface area contributed by atoms with E-state index in [0.717, 1.165) is 5.56 Å². The van der Waals surface area contributed by atoms with E-state index in [-0.39, 0.29) is 12.2 Å². The van der Waals surface area contributed by atoms with Gasteiger partial charge in [0.25, 0.3) is 5.79 Å². The van der Waals surface area contributed by atoms with Gasteiger partial charge in [0, 0.05) is 11.1 Å².